The quantitative estimate of drug-likeness (QED) is 0.408. The van der Waals surface area contributed by atoms with E-state index in [0.29, 0.717) is 23.6 Å². The number of hydrogen-bond donors (Lipinski definition) is 3. The number of fused-ring (bicyclic) bond motifs is 3. The minimum absolute atomic E-state index is 0.0468. The van der Waals surface area contributed by atoms with Crippen LogP contribution in [0, 0.1) is 5.92 Å². The Labute approximate surface area is 200 Å². The normalized spacial score (nSPS) is 28.1. The molecular formula is C27H34N3O4+. The molecule has 4 saturated heterocycles. The molecule has 0 aliphatic carbocycles. The van der Waals surface area contributed by atoms with Gasteiger partial charge in [-0.25, -0.2) is 4.79 Å². The van der Waals surface area contributed by atoms with Gasteiger partial charge in [0.25, 0.3) is 0 Å². The Morgan fingerprint density at radius 1 is 1.00 bits per heavy atom. The lowest BCUT2D eigenvalue weighted by Gasteiger charge is -2.52. The van der Waals surface area contributed by atoms with Crippen LogP contribution < -0.4 is 10.6 Å². The first-order valence-electron chi connectivity index (χ1n) is 12.4. The van der Waals surface area contributed by atoms with E-state index >= 15 is 0 Å². The number of amides is 1. The summed E-state index contributed by atoms with van der Waals surface area (Å²) in [6.45, 7) is 5.18. The summed E-state index contributed by atoms with van der Waals surface area (Å²) in [6.07, 6.45) is 2.64. The molecule has 2 atom stereocenters. The zero-order valence-corrected chi connectivity index (χ0v) is 19.5. The van der Waals surface area contributed by atoms with E-state index in [-0.39, 0.29) is 18.1 Å². The van der Waals surface area contributed by atoms with Gasteiger partial charge in [0, 0.05) is 18.8 Å². The van der Waals surface area contributed by atoms with Gasteiger partial charge in [-0.3, -0.25) is 4.79 Å². The van der Waals surface area contributed by atoms with Crippen LogP contribution in [0.25, 0.3) is 0 Å². The van der Waals surface area contributed by atoms with Gasteiger partial charge in [-0.15, -0.1) is 0 Å². The molecule has 7 heteroatoms. The van der Waals surface area contributed by atoms with E-state index in [4.69, 9.17) is 4.74 Å². The highest BCUT2D eigenvalue weighted by Crippen LogP contribution is 2.38. The molecule has 6 rings (SSSR count). The lowest BCUT2D eigenvalue weighted by atomic mass is 9.82. The highest BCUT2D eigenvalue weighted by molar-refractivity contribution is 5.85. The number of piperidine rings is 3. The molecular weight excluding hydrogens is 430 g/mol. The Hall–Kier alpha value is -2.74. The number of hydrogen-bond acceptors (Lipinski definition) is 5. The van der Waals surface area contributed by atoms with Crippen molar-refractivity contribution in [3.63, 3.8) is 0 Å². The van der Waals surface area contributed by atoms with Crippen LogP contribution >= 0.6 is 0 Å². The average Bonchev–Trinajstić information content (AvgIpc) is 2.84. The molecule has 2 aromatic rings. The second kappa shape index (κ2) is 9.49. The summed E-state index contributed by atoms with van der Waals surface area (Å²) in [7, 11) is 0. The summed E-state index contributed by atoms with van der Waals surface area (Å²) in [4.78, 5) is 25.8. The maximum Gasteiger partial charge on any atom is 0.348 e. The van der Waals surface area contributed by atoms with Crippen LogP contribution in [0.4, 0.5) is 0 Å². The molecule has 0 radical (unpaired) electrons. The van der Waals surface area contributed by atoms with E-state index in [1.165, 1.54) is 0 Å². The van der Waals surface area contributed by atoms with Crippen LogP contribution in [0.1, 0.15) is 30.4 Å². The van der Waals surface area contributed by atoms with E-state index in [2.05, 4.69) is 10.6 Å². The third kappa shape index (κ3) is 4.35. The van der Waals surface area contributed by atoms with Crippen molar-refractivity contribution >= 4 is 11.9 Å². The summed E-state index contributed by atoms with van der Waals surface area (Å²) in [5.74, 6) is -0.227. The number of benzene rings is 2. The Morgan fingerprint density at radius 3 is 2.12 bits per heavy atom. The van der Waals surface area contributed by atoms with Gasteiger partial charge >= 0.3 is 5.97 Å². The van der Waals surface area contributed by atoms with Crippen molar-refractivity contribution in [1.82, 2.24) is 10.6 Å². The SMILES string of the molecule is O=C(NCC[N+]12CCC(CC1)[C@@H](OC(=O)C(O)(c1ccccc1)c1ccccc1)C2)[C@@H]1CCN1. The second-order valence-corrected chi connectivity index (χ2v) is 10.0. The monoisotopic (exact) mass is 464 g/mol. The predicted octanol–water partition coefficient (Wildman–Crippen LogP) is 1.55. The van der Waals surface area contributed by atoms with Crippen molar-refractivity contribution in [1.29, 1.82) is 0 Å². The number of aliphatic hydroxyl groups is 1. The molecule has 2 aromatic carbocycles. The van der Waals surface area contributed by atoms with Crippen molar-refractivity contribution in [3.8, 4) is 0 Å². The number of esters is 1. The minimum Gasteiger partial charge on any atom is -0.453 e. The van der Waals surface area contributed by atoms with Crippen molar-refractivity contribution < 1.29 is 23.9 Å². The van der Waals surface area contributed by atoms with Gasteiger partial charge in [0.15, 0.2) is 6.10 Å². The Kier molecular flexibility index (Phi) is 6.42. The molecule has 4 aliphatic rings. The Balaban J connectivity index is 1.29. The second-order valence-electron chi connectivity index (χ2n) is 10.0. The summed E-state index contributed by atoms with van der Waals surface area (Å²) in [6, 6.07) is 18.0. The molecule has 7 nitrogen and oxygen atoms in total. The van der Waals surface area contributed by atoms with Gasteiger partial charge in [-0.1, -0.05) is 60.7 Å². The van der Waals surface area contributed by atoms with Crippen molar-refractivity contribution in [3.05, 3.63) is 71.8 Å². The fourth-order valence-electron chi connectivity index (χ4n) is 5.70. The van der Waals surface area contributed by atoms with Gasteiger partial charge in [0.2, 0.25) is 11.5 Å². The van der Waals surface area contributed by atoms with E-state index in [9.17, 15) is 14.7 Å². The van der Waals surface area contributed by atoms with Crippen LogP contribution in [0.3, 0.4) is 0 Å². The Bertz CT molecular complexity index is 962. The van der Waals surface area contributed by atoms with Crippen molar-refractivity contribution in [2.75, 3.05) is 39.3 Å². The number of rotatable bonds is 8. The molecule has 34 heavy (non-hydrogen) atoms. The van der Waals surface area contributed by atoms with Crippen molar-refractivity contribution in [2.45, 2.75) is 37.0 Å². The smallest absolute Gasteiger partial charge is 0.348 e. The molecule has 0 saturated carbocycles. The van der Waals surface area contributed by atoms with Gasteiger partial charge in [-0.2, -0.15) is 0 Å². The van der Waals surface area contributed by atoms with Gasteiger partial charge in [0.1, 0.15) is 6.54 Å². The van der Waals surface area contributed by atoms with Crippen LogP contribution in [-0.2, 0) is 19.9 Å². The lowest BCUT2D eigenvalue weighted by Crippen LogP contribution is -2.66. The summed E-state index contributed by atoms with van der Waals surface area (Å²) < 4.78 is 6.96. The maximum absolute atomic E-state index is 13.6. The van der Waals surface area contributed by atoms with Crippen LogP contribution in [0.2, 0.25) is 0 Å². The van der Waals surface area contributed by atoms with Gasteiger partial charge in [0.05, 0.1) is 32.2 Å². The molecule has 3 N–H and O–H groups in total. The third-order valence-corrected chi connectivity index (χ3v) is 8.00. The zero-order valence-electron chi connectivity index (χ0n) is 19.5. The number of carbonyl (C=O) groups excluding carboxylic acids is 2. The molecule has 4 aliphatic heterocycles. The van der Waals surface area contributed by atoms with E-state index < -0.39 is 11.6 Å². The number of carbonyl (C=O) groups is 2. The molecule has 0 spiro atoms. The molecule has 0 unspecified atom stereocenters. The highest BCUT2D eigenvalue weighted by Gasteiger charge is 2.50. The molecule has 4 heterocycles. The maximum atomic E-state index is 13.6. The first-order chi connectivity index (χ1) is 16.5. The van der Waals surface area contributed by atoms with Crippen LogP contribution in [0.5, 0.6) is 0 Å². The van der Waals surface area contributed by atoms with Crippen LogP contribution in [0.15, 0.2) is 60.7 Å². The Morgan fingerprint density at radius 2 is 1.59 bits per heavy atom. The fourth-order valence-corrected chi connectivity index (χ4v) is 5.70. The van der Waals surface area contributed by atoms with E-state index in [1.54, 1.807) is 24.3 Å². The van der Waals surface area contributed by atoms with Gasteiger partial charge in [-0.05, 0) is 24.1 Å². The standard InChI is InChI=1S/C27H33N3O4/c31-25(23-11-14-28-23)29-15-18-30-16-12-20(13-17-30)24(19-30)34-26(32)27(33,21-7-3-1-4-8-21)22-9-5-2-6-10-22/h1-10,20,23-24,28,33H,11-19H2/p+1/t20?,23-,24-,30?/m0/s1. The van der Waals surface area contributed by atoms with E-state index in [0.717, 1.165) is 56.5 Å². The van der Waals surface area contributed by atoms with Gasteiger partial charge < -0.3 is 25.0 Å². The number of nitrogens with one attached hydrogen (secondary N) is 2. The van der Waals surface area contributed by atoms with Crippen molar-refractivity contribution in [2.24, 2.45) is 5.92 Å². The molecule has 180 valence electrons. The minimum atomic E-state index is -1.86. The largest absolute Gasteiger partial charge is 0.453 e. The molecule has 1 amide bonds. The first kappa shape index (κ1) is 23.0. The average molecular weight is 465 g/mol. The topological polar surface area (TPSA) is 87.7 Å². The van der Waals surface area contributed by atoms with E-state index in [1.807, 2.05) is 36.4 Å². The summed E-state index contributed by atoms with van der Waals surface area (Å²) in [5, 5.41) is 17.9. The lowest BCUT2D eigenvalue weighted by molar-refractivity contribution is -0.945. The zero-order chi connectivity index (χ0) is 23.6. The molecule has 2 bridgehead atoms. The summed E-state index contributed by atoms with van der Waals surface area (Å²) >= 11 is 0. The molecule has 4 fully saturated rings. The number of ether oxygens (including phenoxy) is 1. The first-order valence-corrected chi connectivity index (χ1v) is 12.4. The predicted molar refractivity (Wildman–Crippen MR) is 128 cm³/mol. The summed E-state index contributed by atoms with van der Waals surface area (Å²) in [5.41, 5.74) is -0.851. The van der Waals surface area contributed by atoms with Crippen LogP contribution in [-0.4, -0.2) is 72.9 Å². The number of nitrogens with zero attached hydrogens (tertiary/aromatic N) is 1. The highest BCUT2D eigenvalue weighted by atomic mass is 16.6. The third-order valence-electron chi connectivity index (χ3n) is 8.00. The molecule has 0 aromatic heterocycles. The fraction of sp³-hybridized carbons (Fsp3) is 0.481. The number of quaternary nitrogens is 1.